The zero-order chi connectivity index (χ0) is 35.5. The number of nitrogens with zero attached hydrogens (tertiary/aromatic N) is 3. The van der Waals surface area contributed by atoms with Gasteiger partial charge in [0.05, 0.1) is 31.0 Å². The first-order valence-electron chi connectivity index (χ1n) is 15.9. The van der Waals surface area contributed by atoms with Crippen molar-refractivity contribution in [3.8, 4) is 0 Å². The van der Waals surface area contributed by atoms with Crippen molar-refractivity contribution in [2.75, 3.05) is 25.0 Å². The summed E-state index contributed by atoms with van der Waals surface area (Å²) < 4.78 is 17.4. The van der Waals surface area contributed by atoms with Crippen molar-refractivity contribution >= 4 is 51.3 Å². The van der Waals surface area contributed by atoms with Crippen LogP contribution in [0.15, 0.2) is 69.6 Å². The number of Topliss-reactive ketones (excluding diaryl/α,β-unsaturated/α-hetero) is 1. The van der Waals surface area contributed by atoms with Crippen LogP contribution in [0.1, 0.15) is 56.4 Å². The van der Waals surface area contributed by atoms with E-state index >= 15 is 0 Å². The van der Waals surface area contributed by atoms with Gasteiger partial charge in [-0.05, 0) is 53.9 Å². The van der Waals surface area contributed by atoms with Crippen molar-refractivity contribution in [1.82, 2.24) is 20.2 Å². The maximum absolute atomic E-state index is 13.6. The number of nitrogens with one attached hydrogen (secondary N) is 2. The fourth-order valence-electron chi connectivity index (χ4n) is 5.46. The normalized spacial score (nSPS) is 24.3. The lowest BCUT2D eigenvalue weighted by Crippen LogP contribution is -2.44. The Balaban J connectivity index is 1.54. The Morgan fingerprint density at radius 3 is 2.80 bits per heavy atom. The number of fused-ring (bicyclic) bond motifs is 3. The Hall–Kier alpha value is -4.63. The van der Waals surface area contributed by atoms with Crippen molar-refractivity contribution < 1.29 is 43.0 Å². The summed E-state index contributed by atoms with van der Waals surface area (Å²) in [7, 11) is 0. The number of carbonyl (C=O) groups excluding carboxylic acids is 5. The molecule has 2 bridgehead atoms. The molecule has 4 heterocycles. The van der Waals surface area contributed by atoms with E-state index in [1.54, 1.807) is 51.1 Å². The molecule has 262 valence electrons. The second kappa shape index (κ2) is 17.7. The van der Waals surface area contributed by atoms with Crippen LogP contribution < -0.4 is 10.6 Å². The third-order valence-corrected chi connectivity index (χ3v) is 8.37. The van der Waals surface area contributed by atoms with Gasteiger partial charge in [-0.25, -0.2) is 19.6 Å². The molecule has 0 saturated carbocycles. The van der Waals surface area contributed by atoms with Crippen LogP contribution >= 0.6 is 15.9 Å². The summed E-state index contributed by atoms with van der Waals surface area (Å²) in [5.74, 6) is -2.95. The second-order valence-corrected chi connectivity index (χ2v) is 12.8. The molecule has 5 atom stereocenters. The monoisotopic (exact) mass is 741 g/mol. The maximum atomic E-state index is 13.6. The average molecular weight is 743 g/mol. The third-order valence-electron chi connectivity index (χ3n) is 7.91. The molecule has 2 aliphatic rings. The van der Waals surface area contributed by atoms with E-state index in [2.05, 4.69) is 36.5 Å². The molecule has 0 aliphatic carbocycles. The number of carbonyl (C=O) groups is 5. The number of amides is 3. The number of aliphatic hydroxyl groups excluding tert-OH is 1. The topological polar surface area (TPSA) is 190 Å². The van der Waals surface area contributed by atoms with Crippen molar-refractivity contribution in [2.24, 2.45) is 11.8 Å². The number of ether oxygens (including phenoxy) is 2. The van der Waals surface area contributed by atoms with Gasteiger partial charge in [-0.2, -0.15) is 0 Å². The fourth-order valence-corrected chi connectivity index (χ4v) is 5.69. The van der Waals surface area contributed by atoms with Crippen molar-refractivity contribution in [3.63, 3.8) is 0 Å². The highest BCUT2D eigenvalue weighted by atomic mass is 79.9. The largest absolute Gasteiger partial charge is 0.460 e. The molecule has 1 fully saturated rings. The molecular weight excluding hydrogens is 702 g/mol. The van der Waals surface area contributed by atoms with Crippen LogP contribution in [0.4, 0.5) is 10.5 Å². The maximum Gasteiger partial charge on any atom is 0.411 e. The molecule has 4 rings (SSSR count). The predicted octanol–water partition coefficient (Wildman–Crippen LogP) is 3.92. The standard InChI is InChI=1S/C34H40BrN5O9/c1-20-6-4-12-36-29(43)11-8-21(2)31(22(3)18-48-34(46)38-23-9-10-28(35)37-17-23)49-33(45)27-7-5-13-40(27)32(44)26-19-47-30(39-26)16-25(42)15-24(41)14-20/h4,6,8-11,14,17,19,21-22,24,27,31,41H,5,7,12-13,15-16,18H2,1-3H3,(H,36,43)(H,38,46)/b6-4?,11-8+,20-14?/t21-,22-,24-,27-,31+/m1/s1. The predicted molar refractivity (Wildman–Crippen MR) is 180 cm³/mol. The lowest BCUT2D eigenvalue weighted by atomic mass is 9.93. The number of hydrogen-bond acceptors (Lipinski definition) is 11. The Morgan fingerprint density at radius 2 is 2.04 bits per heavy atom. The molecule has 14 nitrogen and oxygen atoms in total. The van der Waals surface area contributed by atoms with Gasteiger partial charge in [0.2, 0.25) is 11.8 Å². The van der Waals surface area contributed by atoms with Gasteiger partial charge in [-0.1, -0.05) is 43.7 Å². The molecule has 3 N–H and O–H groups in total. The van der Waals surface area contributed by atoms with Crippen LogP contribution in [0.3, 0.4) is 0 Å². The van der Waals surface area contributed by atoms with Crippen molar-refractivity contribution in [1.29, 1.82) is 0 Å². The number of esters is 1. The van der Waals surface area contributed by atoms with E-state index in [1.807, 2.05) is 0 Å². The van der Waals surface area contributed by atoms with E-state index in [0.717, 1.165) is 6.26 Å². The highest BCUT2D eigenvalue weighted by Gasteiger charge is 2.39. The lowest BCUT2D eigenvalue weighted by Gasteiger charge is -2.30. The molecule has 1 saturated heterocycles. The number of hydrogen-bond donors (Lipinski definition) is 3. The molecular formula is C34H40BrN5O9. The number of allylic oxidation sites excluding steroid dienone is 2. The summed E-state index contributed by atoms with van der Waals surface area (Å²) in [5.41, 5.74) is 1.05. The third kappa shape index (κ3) is 11.2. The molecule has 2 aromatic rings. The summed E-state index contributed by atoms with van der Waals surface area (Å²) in [6.45, 7) is 5.61. The lowest BCUT2D eigenvalue weighted by molar-refractivity contribution is -0.159. The number of anilines is 1. The van der Waals surface area contributed by atoms with E-state index in [9.17, 15) is 29.1 Å². The number of pyridine rings is 1. The van der Waals surface area contributed by atoms with Crippen LogP contribution in [0.5, 0.6) is 0 Å². The van der Waals surface area contributed by atoms with E-state index in [0.29, 0.717) is 28.7 Å². The van der Waals surface area contributed by atoms with Gasteiger partial charge >= 0.3 is 12.1 Å². The molecule has 2 aromatic heterocycles. The van der Waals surface area contributed by atoms with Gasteiger partial charge in [0.15, 0.2) is 5.69 Å². The minimum atomic E-state index is -1.05. The molecule has 0 aromatic carbocycles. The average Bonchev–Trinajstić information content (AvgIpc) is 3.74. The summed E-state index contributed by atoms with van der Waals surface area (Å²) in [5, 5.41) is 15.7. The number of rotatable bonds is 4. The van der Waals surface area contributed by atoms with E-state index in [4.69, 9.17) is 13.9 Å². The molecule has 0 radical (unpaired) electrons. The smallest absolute Gasteiger partial charge is 0.411 e. The van der Waals surface area contributed by atoms with E-state index < -0.39 is 54.0 Å². The molecule has 0 unspecified atom stereocenters. The first-order valence-corrected chi connectivity index (χ1v) is 16.7. The van der Waals surface area contributed by atoms with Gasteiger partial charge < -0.3 is 29.2 Å². The Bertz CT molecular complexity index is 1600. The van der Waals surface area contributed by atoms with Crippen LogP contribution in [-0.4, -0.2) is 87.6 Å². The van der Waals surface area contributed by atoms with Crippen LogP contribution in [0.25, 0.3) is 0 Å². The molecule has 15 heteroatoms. The second-order valence-electron chi connectivity index (χ2n) is 12.0. The minimum absolute atomic E-state index is 0.0172. The summed E-state index contributed by atoms with van der Waals surface area (Å²) in [4.78, 5) is 74.3. The molecule has 49 heavy (non-hydrogen) atoms. The van der Waals surface area contributed by atoms with Gasteiger partial charge in [0, 0.05) is 31.3 Å². The molecule has 3 amide bonds. The van der Waals surface area contributed by atoms with Gasteiger partial charge in [0.25, 0.3) is 5.91 Å². The van der Waals surface area contributed by atoms with Crippen LogP contribution in [0, 0.1) is 11.8 Å². The Morgan fingerprint density at radius 1 is 1.24 bits per heavy atom. The number of oxazole rings is 1. The number of ketones is 1. The number of aliphatic hydroxyl groups is 1. The van der Waals surface area contributed by atoms with E-state index in [1.165, 1.54) is 23.2 Å². The zero-order valence-electron chi connectivity index (χ0n) is 27.5. The van der Waals surface area contributed by atoms with Crippen molar-refractivity contribution in [2.45, 2.75) is 64.7 Å². The number of halogens is 1. The highest BCUT2D eigenvalue weighted by Crippen LogP contribution is 2.26. The molecule has 0 spiro atoms. The highest BCUT2D eigenvalue weighted by molar-refractivity contribution is 9.10. The summed E-state index contributed by atoms with van der Waals surface area (Å²) >= 11 is 3.24. The molecule has 2 aliphatic heterocycles. The number of cyclic esters (lactones) is 1. The van der Waals surface area contributed by atoms with Crippen molar-refractivity contribution in [3.05, 3.63) is 76.7 Å². The fraction of sp³-hybridized carbons (Fsp3) is 0.441. The van der Waals surface area contributed by atoms with Gasteiger partial charge in [-0.15, -0.1) is 0 Å². The first kappa shape index (κ1) is 37.2. The minimum Gasteiger partial charge on any atom is -0.460 e. The van der Waals surface area contributed by atoms with Gasteiger partial charge in [0.1, 0.15) is 28.8 Å². The summed E-state index contributed by atoms with van der Waals surface area (Å²) in [6, 6.07) is 2.39. The Kier molecular flexibility index (Phi) is 13.4. The SMILES string of the molecule is CC1=C[C@@H](O)CC(=O)Cc2nc(co2)C(=O)N2CCC[C@@H]2C(=O)O[C@H]([C@H](C)COC(=O)Nc2ccc(Br)nc2)[C@H](C)/C=C/C(=O)NCC=C1. The van der Waals surface area contributed by atoms with Gasteiger partial charge in [-0.3, -0.25) is 19.7 Å². The zero-order valence-corrected chi connectivity index (χ0v) is 29.1. The number of aromatic nitrogens is 2. The Labute approximate surface area is 292 Å². The summed E-state index contributed by atoms with van der Waals surface area (Å²) in [6.07, 6.45) is 8.31. The van der Waals surface area contributed by atoms with Crippen LogP contribution in [-0.2, 0) is 30.3 Å². The van der Waals surface area contributed by atoms with Crippen LogP contribution in [0.2, 0.25) is 0 Å². The van der Waals surface area contributed by atoms with E-state index in [-0.39, 0.29) is 49.9 Å². The first-order chi connectivity index (χ1) is 23.4. The quantitative estimate of drug-likeness (QED) is 0.304.